The van der Waals surface area contributed by atoms with Crippen molar-refractivity contribution in [2.24, 2.45) is 0 Å². The maximum Gasteiger partial charge on any atom is 0.390 e. The first kappa shape index (κ1) is 12.8. The molecular weight excluding hydrogens is 205 g/mol. The second kappa shape index (κ2) is 5.16. The van der Waals surface area contributed by atoms with Gasteiger partial charge in [-0.15, -0.1) is 0 Å². The van der Waals surface area contributed by atoms with Crippen molar-refractivity contribution in [2.75, 3.05) is 19.6 Å². The highest BCUT2D eigenvalue weighted by Gasteiger charge is 2.28. The molecule has 1 unspecified atom stereocenters. The first-order valence-electron chi connectivity index (χ1n) is 5.44. The van der Waals surface area contributed by atoms with E-state index in [4.69, 9.17) is 0 Å². The van der Waals surface area contributed by atoms with E-state index in [-0.39, 0.29) is 12.1 Å². The Kier molecular flexibility index (Phi) is 4.40. The molecule has 15 heavy (non-hydrogen) atoms. The molecule has 1 saturated heterocycles. The van der Waals surface area contributed by atoms with Crippen LogP contribution in [-0.2, 0) is 0 Å². The molecule has 0 aliphatic carbocycles. The van der Waals surface area contributed by atoms with Crippen LogP contribution in [0.2, 0.25) is 0 Å². The predicted octanol–water partition coefficient (Wildman–Crippen LogP) is 2.06. The summed E-state index contributed by atoms with van der Waals surface area (Å²) in [6, 6.07) is 0. The molecule has 1 heterocycles. The Morgan fingerprint density at radius 1 is 1.33 bits per heavy atom. The molecule has 0 saturated carbocycles. The van der Waals surface area contributed by atoms with Crippen LogP contribution >= 0.6 is 0 Å². The average molecular weight is 224 g/mol. The van der Waals surface area contributed by atoms with Gasteiger partial charge in [-0.2, -0.15) is 13.2 Å². The third kappa shape index (κ3) is 5.37. The number of rotatable bonds is 4. The third-order valence-electron chi connectivity index (χ3n) is 2.81. The molecule has 2 nitrogen and oxygen atoms in total. The molecule has 1 rings (SSSR count). The molecule has 5 heteroatoms. The van der Waals surface area contributed by atoms with E-state index in [1.165, 1.54) is 0 Å². The fourth-order valence-electron chi connectivity index (χ4n) is 1.86. The van der Waals surface area contributed by atoms with E-state index < -0.39 is 12.6 Å². The van der Waals surface area contributed by atoms with Gasteiger partial charge in [-0.3, -0.25) is 0 Å². The van der Waals surface area contributed by atoms with Gasteiger partial charge < -0.3 is 10.6 Å². The molecule has 1 fully saturated rings. The summed E-state index contributed by atoms with van der Waals surface area (Å²) in [4.78, 5) is 0. The highest BCUT2D eigenvalue weighted by Crippen LogP contribution is 2.19. The third-order valence-corrected chi connectivity index (χ3v) is 2.81. The van der Waals surface area contributed by atoms with Gasteiger partial charge in [0.25, 0.3) is 0 Å². The Balaban J connectivity index is 2.13. The summed E-state index contributed by atoms with van der Waals surface area (Å²) in [7, 11) is 0. The molecular formula is C10H19F3N2. The molecule has 2 N–H and O–H groups in total. The van der Waals surface area contributed by atoms with Gasteiger partial charge in [0, 0.05) is 18.6 Å². The van der Waals surface area contributed by atoms with Gasteiger partial charge in [0.15, 0.2) is 0 Å². The molecule has 0 radical (unpaired) electrons. The highest BCUT2D eigenvalue weighted by atomic mass is 19.4. The number of hydrogen-bond donors (Lipinski definition) is 2. The Hall–Kier alpha value is -0.290. The van der Waals surface area contributed by atoms with Crippen LogP contribution in [0.3, 0.4) is 0 Å². The van der Waals surface area contributed by atoms with Crippen molar-refractivity contribution in [1.82, 2.24) is 10.6 Å². The minimum absolute atomic E-state index is 0.0147. The molecule has 0 aromatic carbocycles. The fraction of sp³-hybridized carbons (Fsp3) is 1.00. The SMILES string of the molecule is CC1(CNCCC(F)(F)F)CCCCN1. The van der Waals surface area contributed by atoms with Gasteiger partial charge in [-0.1, -0.05) is 6.42 Å². The standard InChI is InChI=1S/C10H19F3N2/c1-9(4-2-3-6-15-9)8-14-7-5-10(11,12)13/h14-15H,2-8H2,1H3. The van der Waals surface area contributed by atoms with Crippen molar-refractivity contribution in [3.63, 3.8) is 0 Å². The zero-order valence-electron chi connectivity index (χ0n) is 9.08. The molecule has 1 atom stereocenters. The maximum atomic E-state index is 11.9. The summed E-state index contributed by atoms with van der Waals surface area (Å²) in [6.45, 7) is 3.66. The van der Waals surface area contributed by atoms with Gasteiger partial charge >= 0.3 is 6.18 Å². The van der Waals surface area contributed by atoms with Gasteiger partial charge in [0.05, 0.1) is 6.42 Å². The van der Waals surface area contributed by atoms with Crippen molar-refractivity contribution in [1.29, 1.82) is 0 Å². The lowest BCUT2D eigenvalue weighted by Crippen LogP contribution is -2.52. The molecule has 0 spiro atoms. The van der Waals surface area contributed by atoms with Crippen LogP contribution < -0.4 is 10.6 Å². The quantitative estimate of drug-likeness (QED) is 0.714. The van der Waals surface area contributed by atoms with Gasteiger partial charge in [0.2, 0.25) is 0 Å². The van der Waals surface area contributed by atoms with Crippen molar-refractivity contribution >= 4 is 0 Å². The molecule has 90 valence electrons. The van der Waals surface area contributed by atoms with Gasteiger partial charge in [-0.25, -0.2) is 0 Å². The highest BCUT2D eigenvalue weighted by molar-refractivity contribution is 4.88. The number of alkyl halides is 3. The zero-order chi connectivity index (χ0) is 11.4. The van der Waals surface area contributed by atoms with E-state index in [2.05, 4.69) is 17.6 Å². The lowest BCUT2D eigenvalue weighted by molar-refractivity contribution is -0.133. The first-order valence-corrected chi connectivity index (χ1v) is 5.44. The number of nitrogens with one attached hydrogen (secondary N) is 2. The van der Waals surface area contributed by atoms with E-state index in [0.717, 1.165) is 25.8 Å². The minimum atomic E-state index is -4.05. The number of piperidine rings is 1. The van der Waals surface area contributed by atoms with Crippen LogP contribution in [-0.4, -0.2) is 31.3 Å². The second-order valence-electron chi connectivity index (χ2n) is 4.49. The second-order valence-corrected chi connectivity index (χ2v) is 4.49. The van der Waals surface area contributed by atoms with Crippen LogP contribution in [0.25, 0.3) is 0 Å². The van der Waals surface area contributed by atoms with E-state index in [0.29, 0.717) is 6.54 Å². The van der Waals surface area contributed by atoms with Crippen LogP contribution in [0.15, 0.2) is 0 Å². The molecule has 0 aromatic heterocycles. The van der Waals surface area contributed by atoms with E-state index in [9.17, 15) is 13.2 Å². The van der Waals surface area contributed by atoms with Crippen molar-refractivity contribution in [3.8, 4) is 0 Å². The van der Waals surface area contributed by atoms with Crippen molar-refractivity contribution in [3.05, 3.63) is 0 Å². The van der Waals surface area contributed by atoms with Crippen LogP contribution in [0.1, 0.15) is 32.6 Å². The summed E-state index contributed by atoms with van der Waals surface area (Å²) in [5.74, 6) is 0. The van der Waals surface area contributed by atoms with E-state index >= 15 is 0 Å². The number of hydrogen-bond acceptors (Lipinski definition) is 2. The molecule has 0 amide bonds. The van der Waals surface area contributed by atoms with Crippen molar-refractivity contribution < 1.29 is 13.2 Å². The summed E-state index contributed by atoms with van der Waals surface area (Å²) in [6.07, 6.45) is -1.44. The topological polar surface area (TPSA) is 24.1 Å². The van der Waals surface area contributed by atoms with E-state index in [1.54, 1.807) is 0 Å². The molecule has 0 bridgehead atoms. The Bertz CT molecular complexity index is 186. The predicted molar refractivity (Wildman–Crippen MR) is 53.8 cm³/mol. The summed E-state index contributed by atoms with van der Waals surface area (Å²) < 4.78 is 35.6. The summed E-state index contributed by atoms with van der Waals surface area (Å²) in [5.41, 5.74) is -0.0240. The lowest BCUT2D eigenvalue weighted by Gasteiger charge is -2.35. The molecule has 1 aliphatic rings. The Morgan fingerprint density at radius 3 is 2.60 bits per heavy atom. The van der Waals surface area contributed by atoms with Crippen molar-refractivity contribution in [2.45, 2.75) is 44.3 Å². The van der Waals surface area contributed by atoms with Gasteiger partial charge in [0.1, 0.15) is 0 Å². The Morgan fingerprint density at radius 2 is 2.07 bits per heavy atom. The zero-order valence-corrected chi connectivity index (χ0v) is 9.08. The minimum Gasteiger partial charge on any atom is -0.315 e. The summed E-state index contributed by atoms with van der Waals surface area (Å²) >= 11 is 0. The largest absolute Gasteiger partial charge is 0.390 e. The average Bonchev–Trinajstić information content (AvgIpc) is 2.12. The van der Waals surface area contributed by atoms with Crippen LogP contribution in [0.5, 0.6) is 0 Å². The number of halogens is 3. The van der Waals surface area contributed by atoms with Crippen LogP contribution in [0.4, 0.5) is 13.2 Å². The van der Waals surface area contributed by atoms with Crippen LogP contribution in [0, 0.1) is 0 Å². The molecule has 1 aliphatic heterocycles. The monoisotopic (exact) mass is 224 g/mol. The smallest absolute Gasteiger partial charge is 0.315 e. The fourth-order valence-corrected chi connectivity index (χ4v) is 1.86. The normalized spacial score (nSPS) is 28.0. The summed E-state index contributed by atoms with van der Waals surface area (Å²) in [5, 5.41) is 6.22. The maximum absolute atomic E-state index is 11.9. The first-order chi connectivity index (χ1) is 6.91. The van der Waals surface area contributed by atoms with Gasteiger partial charge in [-0.05, 0) is 26.3 Å². The van der Waals surface area contributed by atoms with E-state index in [1.807, 2.05) is 0 Å². The lowest BCUT2D eigenvalue weighted by atomic mass is 9.91. The molecule has 0 aromatic rings. The Labute approximate surface area is 88.6 Å².